The molecule has 0 bridgehead atoms. The quantitative estimate of drug-likeness (QED) is 0.322. The van der Waals surface area contributed by atoms with Crippen LogP contribution in [-0.4, -0.2) is 23.3 Å². The predicted molar refractivity (Wildman–Crippen MR) is 105 cm³/mol. The Morgan fingerprint density at radius 3 is 1.80 bits per heavy atom. The van der Waals surface area contributed by atoms with Crippen molar-refractivity contribution < 1.29 is 14.6 Å². The van der Waals surface area contributed by atoms with Crippen molar-refractivity contribution in [1.29, 1.82) is 0 Å². The summed E-state index contributed by atoms with van der Waals surface area (Å²) in [5, 5.41) is 8.54. The highest BCUT2D eigenvalue weighted by Gasteiger charge is 2.35. The van der Waals surface area contributed by atoms with Gasteiger partial charge in [-0.15, -0.1) is 0 Å². The Bertz CT molecular complexity index is 497. The minimum absolute atomic E-state index is 0.202. The van der Waals surface area contributed by atoms with Gasteiger partial charge >= 0.3 is 5.97 Å². The van der Waals surface area contributed by atoms with E-state index in [9.17, 15) is 4.79 Å². The number of carboxylic acid groups (broad SMARTS) is 1. The number of hydrogen-bond donors (Lipinski definition) is 1. The van der Waals surface area contributed by atoms with Crippen molar-refractivity contribution in [1.82, 2.24) is 0 Å². The third-order valence-electron chi connectivity index (χ3n) is 3.83. The second-order valence-electron chi connectivity index (χ2n) is 6.09. The Hall–Kier alpha value is -1.87. The summed E-state index contributed by atoms with van der Waals surface area (Å²) in [4.78, 5) is 10.4. The Morgan fingerprint density at radius 1 is 0.800 bits per heavy atom. The van der Waals surface area contributed by atoms with Crippen LogP contribution >= 0.6 is 0 Å². The summed E-state index contributed by atoms with van der Waals surface area (Å²) < 4.78 is 5.59. The van der Waals surface area contributed by atoms with Crippen molar-refractivity contribution in [2.45, 2.75) is 70.5 Å². The van der Waals surface area contributed by atoms with E-state index in [1.807, 2.05) is 12.2 Å². The molecule has 2 atom stereocenters. The maximum absolute atomic E-state index is 10.4. The van der Waals surface area contributed by atoms with Crippen LogP contribution in [0.3, 0.4) is 0 Å². The molecule has 0 amide bonds. The van der Waals surface area contributed by atoms with Gasteiger partial charge in [-0.3, -0.25) is 4.79 Å². The van der Waals surface area contributed by atoms with Gasteiger partial charge in [0, 0.05) is 6.42 Å². The number of allylic oxidation sites excluding steroid dienone is 8. The molecule has 0 unspecified atom stereocenters. The van der Waals surface area contributed by atoms with Crippen LogP contribution in [0.5, 0.6) is 0 Å². The second-order valence-corrected chi connectivity index (χ2v) is 6.09. The van der Waals surface area contributed by atoms with E-state index in [4.69, 9.17) is 9.84 Å². The second kappa shape index (κ2) is 14.5. The molecule has 1 rings (SSSR count). The largest absolute Gasteiger partial charge is 0.481 e. The highest BCUT2D eigenvalue weighted by molar-refractivity contribution is 5.66. The van der Waals surface area contributed by atoms with E-state index >= 15 is 0 Å². The summed E-state index contributed by atoms with van der Waals surface area (Å²) in [6.45, 7) is 2.15. The molecule has 1 N–H and O–H groups in total. The molecule has 1 heterocycles. The van der Waals surface area contributed by atoms with Crippen molar-refractivity contribution in [3.05, 3.63) is 60.8 Å². The normalized spacial score (nSPS) is 20.8. The highest BCUT2D eigenvalue weighted by atomic mass is 16.6. The first-order chi connectivity index (χ1) is 12.2. The molecule has 0 aromatic rings. The fraction of sp³-hybridized carbons (Fsp3) is 0.500. The van der Waals surface area contributed by atoms with Gasteiger partial charge in [0.15, 0.2) is 0 Å². The number of rotatable bonds is 14. The molecule has 138 valence electrons. The molecule has 0 aromatic heterocycles. The lowest BCUT2D eigenvalue weighted by Gasteiger charge is -1.89. The van der Waals surface area contributed by atoms with Gasteiger partial charge in [0.1, 0.15) is 0 Å². The van der Waals surface area contributed by atoms with Crippen LogP contribution < -0.4 is 0 Å². The van der Waals surface area contributed by atoms with E-state index in [0.717, 1.165) is 38.5 Å². The summed E-state index contributed by atoms with van der Waals surface area (Å²) in [5.74, 6) is -0.746. The van der Waals surface area contributed by atoms with E-state index in [1.165, 1.54) is 0 Å². The van der Waals surface area contributed by atoms with E-state index in [2.05, 4.69) is 55.5 Å². The number of ether oxygens (including phenoxy) is 1. The lowest BCUT2D eigenvalue weighted by molar-refractivity contribution is -0.136. The summed E-state index contributed by atoms with van der Waals surface area (Å²) in [6.07, 6.45) is 28.9. The molecular weight excluding hydrogens is 312 g/mol. The van der Waals surface area contributed by atoms with Crippen molar-refractivity contribution in [3.63, 3.8) is 0 Å². The van der Waals surface area contributed by atoms with Gasteiger partial charge in [-0.25, -0.2) is 0 Å². The fourth-order valence-corrected chi connectivity index (χ4v) is 2.36. The zero-order valence-corrected chi connectivity index (χ0v) is 15.3. The fourth-order valence-electron chi connectivity index (χ4n) is 2.36. The molecule has 1 aliphatic rings. The van der Waals surface area contributed by atoms with Gasteiger partial charge < -0.3 is 9.84 Å². The van der Waals surface area contributed by atoms with Crippen molar-refractivity contribution in [3.8, 4) is 0 Å². The SMILES string of the molecule is CCC=CCC=CCC=CCC=CC[C@H]1O[C@H]1CC=CCCC(=O)O. The van der Waals surface area contributed by atoms with Crippen LogP contribution in [0.15, 0.2) is 60.8 Å². The third kappa shape index (κ3) is 13.1. The molecule has 1 saturated heterocycles. The Morgan fingerprint density at radius 2 is 1.28 bits per heavy atom. The third-order valence-corrected chi connectivity index (χ3v) is 3.83. The Kier molecular flexibility index (Phi) is 12.3. The molecule has 0 aliphatic carbocycles. The molecule has 0 spiro atoms. The Labute approximate surface area is 152 Å². The lowest BCUT2D eigenvalue weighted by atomic mass is 10.1. The smallest absolute Gasteiger partial charge is 0.303 e. The number of carbonyl (C=O) groups is 1. The van der Waals surface area contributed by atoms with Gasteiger partial charge in [0.2, 0.25) is 0 Å². The summed E-state index contributed by atoms with van der Waals surface area (Å²) in [7, 11) is 0. The first kappa shape index (κ1) is 21.2. The van der Waals surface area contributed by atoms with Crippen LogP contribution in [0.4, 0.5) is 0 Å². The lowest BCUT2D eigenvalue weighted by Crippen LogP contribution is -1.92. The van der Waals surface area contributed by atoms with Crippen LogP contribution in [-0.2, 0) is 9.53 Å². The van der Waals surface area contributed by atoms with Crippen molar-refractivity contribution >= 4 is 5.97 Å². The molecular formula is C22H32O3. The first-order valence-corrected chi connectivity index (χ1v) is 9.36. The van der Waals surface area contributed by atoms with E-state index in [0.29, 0.717) is 18.6 Å². The van der Waals surface area contributed by atoms with Gasteiger partial charge in [0.05, 0.1) is 12.2 Å². The van der Waals surface area contributed by atoms with Crippen molar-refractivity contribution in [2.24, 2.45) is 0 Å². The Balaban J connectivity index is 1.96. The van der Waals surface area contributed by atoms with E-state index in [1.54, 1.807) is 0 Å². The molecule has 0 aromatic carbocycles. The number of hydrogen-bond acceptors (Lipinski definition) is 2. The van der Waals surface area contributed by atoms with Gasteiger partial charge in [0.25, 0.3) is 0 Å². The molecule has 1 aliphatic heterocycles. The highest BCUT2D eigenvalue weighted by Crippen LogP contribution is 2.29. The minimum Gasteiger partial charge on any atom is -0.481 e. The molecule has 25 heavy (non-hydrogen) atoms. The average molecular weight is 344 g/mol. The zero-order chi connectivity index (χ0) is 18.2. The topological polar surface area (TPSA) is 49.8 Å². The van der Waals surface area contributed by atoms with Crippen LogP contribution in [0.1, 0.15) is 58.3 Å². The minimum atomic E-state index is -0.746. The number of carboxylic acids is 1. The van der Waals surface area contributed by atoms with Gasteiger partial charge in [-0.1, -0.05) is 67.7 Å². The van der Waals surface area contributed by atoms with Crippen LogP contribution in [0.25, 0.3) is 0 Å². The number of aliphatic carboxylic acids is 1. The summed E-state index contributed by atoms with van der Waals surface area (Å²) >= 11 is 0. The van der Waals surface area contributed by atoms with E-state index in [-0.39, 0.29) is 6.42 Å². The summed E-state index contributed by atoms with van der Waals surface area (Å²) in [6, 6.07) is 0. The van der Waals surface area contributed by atoms with Gasteiger partial charge in [-0.2, -0.15) is 0 Å². The van der Waals surface area contributed by atoms with E-state index < -0.39 is 5.97 Å². The maximum Gasteiger partial charge on any atom is 0.303 e. The zero-order valence-electron chi connectivity index (χ0n) is 15.3. The number of epoxide rings is 1. The van der Waals surface area contributed by atoms with Gasteiger partial charge in [-0.05, 0) is 44.9 Å². The first-order valence-electron chi connectivity index (χ1n) is 9.36. The predicted octanol–water partition coefficient (Wildman–Crippen LogP) is 5.76. The summed E-state index contributed by atoms with van der Waals surface area (Å²) in [5.41, 5.74) is 0. The molecule has 0 radical (unpaired) electrons. The molecule has 1 fully saturated rings. The molecule has 3 heteroatoms. The van der Waals surface area contributed by atoms with Crippen molar-refractivity contribution in [2.75, 3.05) is 0 Å². The maximum atomic E-state index is 10.4. The molecule has 3 nitrogen and oxygen atoms in total. The standard InChI is InChI=1S/C22H32O3/c1-2-3-4-5-6-7-8-9-10-11-12-14-17-20-21(25-20)18-15-13-16-19-22(23)24/h3-4,6-7,9-10,12-15,20-21H,2,5,8,11,16-19H2,1H3,(H,23,24)/t20-,21+/m1/s1. The van der Waals surface area contributed by atoms with Crippen LogP contribution in [0, 0.1) is 0 Å². The van der Waals surface area contributed by atoms with Crippen LogP contribution in [0.2, 0.25) is 0 Å². The molecule has 0 saturated carbocycles. The monoisotopic (exact) mass is 344 g/mol. The average Bonchev–Trinajstić information content (AvgIpc) is 3.33.